The molecule has 106 valence electrons. The van der Waals surface area contributed by atoms with Gasteiger partial charge in [-0.3, -0.25) is 9.59 Å². The molecule has 0 aromatic heterocycles. The number of carbonyl (C=O) groups excluding carboxylic acids is 2. The third kappa shape index (κ3) is 3.35. The van der Waals surface area contributed by atoms with E-state index in [1.807, 2.05) is 57.2 Å². The first-order valence-corrected chi connectivity index (χ1v) is 6.87. The molecule has 0 spiro atoms. The molecule has 0 saturated carbocycles. The first-order valence-electron chi connectivity index (χ1n) is 6.87. The molecule has 1 aliphatic carbocycles. The zero-order chi connectivity index (χ0) is 14.8. The smallest absolute Gasteiger partial charge is 0.318 e. The van der Waals surface area contributed by atoms with Crippen LogP contribution in [0, 0.1) is 5.92 Å². The maximum absolute atomic E-state index is 12.3. The number of esters is 1. The second-order valence-corrected chi connectivity index (χ2v) is 6.07. The van der Waals surface area contributed by atoms with E-state index in [0.29, 0.717) is 6.42 Å². The first-order chi connectivity index (χ1) is 9.38. The second-order valence-electron chi connectivity index (χ2n) is 6.07. The number of hydrogen-bond acceptors (Lipinski definition) is 3. The van der Waals surface area contributed by atoms with E-state index < -0.39 is 17.5 Å². The molecule has 0 radical (unpaired) electrons. The summed E-state index contributed by atoms with van der Waals surface area (Å²) >= 11 is 0. The normalized spacial score (nSPS) is 22.6. The Morgan fingerprint density at radius 1 is 1.20 bits per heavy atom. The molecular formula is C17H20O3. The summed E-state index contributed by atoms with van der Waals surface area (Å²) in [4.78, 5) is 24.4. The lowest BCUT2D eigenvalue weighted by atomic mass is 9.78. The first kappa shape index (κ1) is 14.5. The third-order valence-electron chi connectivity index (χ3n) is 3.27. The van der Waals surface area contributed by atoms with Crippen molar-refractivity contribution in [3.05, 3.63) is 48.0 Å². The number of hydrogen-bond donors (Lipinski definition) is 0. The predicted molar refractivity (Wildman–Crippen MR) is 77.3 cm³/mol. The summed E-state index contributed by atoms with van der Waals surface area (Å²) < 4.78 is 5.41. The van der Waals surface area contributed by atoms with Gasteiger partial charge in [-0.1, -0.05) is 36.4 Å². The van der Waals surface area contributed by atoms with Crippen molar-refractivity contribution >= 4 is 11.8 Å². The fourth-order valence-electron chi connectivity index (χ4n) is 2.44. The zero-order valence-electron chi connectivity index (χ0n) is 12.1. The highest BCUT2D eigenvalue weighted by atomic mass is 16.6. The topological polar surface area (TPSA) is 43.4 Å². The summed E-state index contributed by atoms with van der Waals surface area (Å²) in [6.45, 7) is 5.43. The van der Waals surface area contributed by atoms with Gasteiger partial charge in [0, 0.05) is 5.92 Å². The van der Waals surface area contributed by atoms with Crippen LogP contribution < -0.4 is 0 Å². The van der Waals surface area contributed by atoms with E-state index in [0.717, 1.165) is 5.56 Å². The average molecular weight is 272 g/mol. The van der Waals surface area contributed by atoms with Gasteiger partial charge in [-0.15, -0.1) is 0 Å². The van der Waals surface area contributed by atoms with E-state index >= 15 is 0 Å². The molecule has 1 aromatic carbocycles. The van der Waals surface area contributed by atoms with Crippen molar-refractivity contribution in [1.29, 1.82) is 0 Å². The summed E-state index contributed by atoms with van der Waals surface area (Å²) in [7, 11) is 0. The minimum Gasteiger partial charge on any atom is -0.459 e. The van der Waals surface area contributed by atoms with Crippen LogP contribution in [0.4, 0.5) is 0 Å². The Kier molecular flexibility index (Phi) is 4.07. The Morgan fingerprint density at radius 3 is 2.45 bits per heavy atom. The van der Waals surface area contributed by atoms with E-state index in [9.17, 15) is 9.59 Å². The Bertz CT molecular complexity index is 523. The van der Waals surface area contributed by atoms with Gasteiger partial charge in [0.2, 0.25) is 0 Å². The Morgan fingerprint density at radius 2 is 1.85 bits per heavy atom. The van der Waals surface area contributed by atoms with Crippen molar-refractivity contribution < 1.29 is 14.3 Å². The standard InChI is InChI=1S/C17H20O3/c1-17(2,3)20-16(19)15-13(10-7-11-14(15)18)12-8-5-4-6-9-12/h4-9,11,13,15H,10H2,1-3H3/t13-,15-/m0/s1. The van der Waals surface area contributed by atoms with E-state index in [2.05, 4.69) is 0 Å². The molecule has 2 rings (SSSR count). The molecular weight excluding hydrogens is 252 g/mol. The average Bonchev–Trinajstić information content (AvgIpc) is 2.37. The van der Waals surface area contributed by atoms with Crippen LogP contribution in [0.2, 0.25) is 0 Å². The summed E-state index contributed by atoms with van der Waals surface area (Å²) in [5.41, 5.74) is 0.417. The molecule has 1 aliphatic rings. The zero-order valence-corrected chi connectivity index (χ0v) is 12.1. The van der Waals surface area contributed by atoms with Gasteiger partial charge >= 0.3 is 5.97 Å². The van der Waals surface area contributed by atoms with Gasteiger partial charge in [0.05, 0.1) is 0 Å². The number of allylic oxidation sites excluding steroid dienone is 2. The molecule has 0 saturated heterocycles. The van der Waals surface area contributed by atoms with Crippen LogP contribution in [0.3, 0.4) is 0 Å². The van der Waals surface area contributed by atoms with Crippen LogP contribution in [-0.2, 0) is 14.3 Å². The lowest BCUT2D eigenvalue weighted by molar-refractivity contribution is -0.162. The molecule has 0 aliphatic heterocycles. The van der Waals surface area contributed by atoms with Crippen molar-refractivity contribution in [2.45, 2.75) is 38.7 Å². The predicted octanol–water partition coefficient (Wildman–Crippen LogP) is 3.26. The molecule has 1 aromatic rings. The van der Waals surface area contributed by atoms with Gasteiger partial charge in [0.25, 0.3) is 0 Å². The highest BCUT2D eigenvalue weighted by molar-refractivity contribution is 6.06. The van der Waals surface area contributed by atoms with E-state index in [-0.39, 0.29) is 11.7 Å². The summed E-state index contributed by atoms with van der Waals surface area (Å²) in [5, 5.41) is 0. The molecule has 3 heteroatoms. The van der Waals surface area contributed by atoms with Crippen molar-refractivity contribution in [2.24, 2.45) is 5.92 Å². The maximum atomic E-state index is 12.3. The lowest BCUT2D eigenvalue weighted by Gasteiger charge is -2.29. The monoisotopic (exact) mass is 272 g/mol. The molecule has 0 N–H and O–H groups in total. The van der Waals surface area contributed by atoms with Crippen molar-refractivity contribution in [3.63, 3.8) is 0 Å². The molecule has 0 bridgehead atoms. The van der Waals surface area contributed by atoms with Crippen LogP contribution in [0.15, 0.2) is 42.5 Å². The molecule has 2 atom stereocenters. The van der Waals surface area contributed by atoms with Gasteiger partial charge in [-0.05, 0) is 38.8 Å². The minimum atomic E-state index is -0.735. The summed E-state index contributed by atoms with van der Waals surface area (Å²) in [5.74, 6) is -1.47. The molecule has 0 heterocycles. The number of rotatable bonds is 2. The van der Waals surface area contributed by atoms with Gasteiger partial charge < -0.3 is 4.74 Å². The van der Waals surface area contributed by atoms with Gasteiger partial charge in [0.15, 0.2) is 5.78 Å². The Hall–Kier alpha value is -1.90. The number of benzene rings is 1. The fourth-order valence-corrected chi connectivity index (χ4v) is 2.44. The van der Waals surface area contributed by atoms with E-state index in [1.165, 1.54) is 6.08 Å². The van der Waals surface area contributed by atoms with Crippen molar-refractivity contribution in [2.75, 3.05) is 0 Å². The molecule has 3 nitrogen and oxygen atoms in total. The van der Waals surface area contributed by atoms with Crippen LogP contribution in [0.5, 0.6) is 0 Å². The Balaban J connectivity index is 2.29. The molecule has 0 amide bonds. The van der Waals surface area contributed by atoms with Gasteiger partial charge in [0.1, 0.15) is 11.5 Å². The molecule has 20 heavy (non-hydrogen) atoms. The third-order valence-corrected chi connectivity index (χ3v) is 3.27. The van der Waals surface area contributed by atoms with Crippen LogP contribution in [0.1, 0.15) is 38.7 Å². The van der Waals surface area contributed by atoms with Crippen molar-refractivity contribution in [1.82, 2.24) is 0 Å². The van der Waals surface area contributed by atoms with Crippen LogP contribution in [0.25, 0.3) is 0 Å². The molecule has 0 unspecified atom stereocenters. The number of carbonyl (C=O) groups is 2. The SMILES string of the molecule is CC(C)(C)OC(=O)[C@@H]1C(=O)C=CC[C@H]1c1ccccc1. The Labute approximate surface area is 119 Å². The summed E-state index contributed by atoms with van der Waals surface area (Å²) in [6.07, 6.45) is 4.01. The van der Waals surface area contributed by atoms with Crippen LogP contribution >= 0.6 is 0 Å². The number of ether oxygens (including phenoxy) is 1. The quantitative estimate of drug-likeness (QED) is 0.613. The lowest BCUT2D eigenvalue weighted by Crippen LogP contribution is -2.37. The van der Waals surface area contributed by atoms with Crippen molar-refractivity contribution in [3.8, 4) is 0 Å². The van der Waals surface area contributed by atoms with E-state index in [1.54, 1.807) is 0 Å². The van der Waals surface area contributed by atoms with Gasteiger partial charge in [-0.2, -0.15) is 0 Å². The fraction of sp³-hybridized carbons (Fsp3) is 0.412. The van der Waals surface area contributed by atoms with E-state index in [4.69, 9.17) is 4.74 Å². The van der Waals surface area contributed by atoms with Crippen LogP contribution in [-0.4, -0.2) is 17.4 Å². The minimum absolute atomic E-state index is 0.136. The summed E-state index contributed by atoms with van der Waals surface area (Å²) in [6, 6.07) is 9.67. The maximum Gasteiger partial charge on any atom is 0.318 e. The van der Waals surface area contributed by atoms with Gasteiger partial charge in [-0.25, -0.2) is 0 Å². The largest absolute Gasteiger partial charge is 0.459 e. The molecule has 0 fully saturated rings. The number of ketones is 1. The second kappa shape index (κ2) is 5.61. The highest BCUT2D eigenvalue weighted by Crippen LogP contribution is 2.34. The highest BCUT2D eigenvalue weighted by Gasteiger charge is 2.38.